The molecule has 0 amide bonds. The fourth-order valence-electron chi connectivity index (χ4n) is 2.74. The predicted molar refractivity (Wildman–Crippen MR) is 90.6 cm³/mol. The highest BCUT2D eigenvalue weighted by molar-refractivity contribution is 6.29. The molecule has 2 aromatic heterocycles. The van der Waals surface area contributed by atoms with Crippen LogP contribution in [-0.2, 0) is 13.1 Å². The first-order valence-corrected chi connectivity index (χ1v) is 8.22. The smallest absolute Gasteiger partial charge is 0.257 e. The highest BCUT2D eigenvalue weighted by Crippen LogP contribution is 2.31. The molecule has 0 aliphatic rings. The van der Waals surface area contributed by atoms with Gasteiger partial charge >= 0.3 is 0 Å². The summed E-state index contributed by atoms with van der Waals surface area (Å²) in [6.45, 7) is 1.29. The van der Waals surface area contributed by atoms with Gasteiger partial charge in [-0.1, -0.05) is 11.6 Å². The van der Waals surface area contributed by atoms with Crippen LogP contribution in [0.25, 0.3) is 11.3 Å². The summed E-state index contributed by atoms with van der Waals surface area (Å²) in [6, 6.07) is 5.69. The molecular weight excluding hydrogens is 369 g/mol. The van der Waals surface area contributed by atoms with Crippen molar-refractivity contribution in [2.75, 3.05) is 0 Å². The van der Waals surface area contributed by atoms with Crippen LogP contribution in [-0.4, -0.2) is 31.1 Å². The van der Waals surface area contributed by atoms with E-state index < -0.39 is 24.9 Å². The first-order chi connectivity index (χ1) is 12.3. The third kappa shape index (κ3) is 4.08. The number of rotatable bonds is 6. The minimum atomic E-state index is -2.50. The van der Waals surface area contributed by atoms with Crippen LogP contribution in [0.4, 0.5) is 13.2 Å². The average Bonchev–Trinajstić information content (AvgIpc) is 3.13. The lowest BCUT2D eigenvalue weighted by Crippen LogP contribution is -2.07. The maximum Gasteiger partial charge on any atom is 0.257 e. The Morgan fingerprint density at radius 1 is 1.27 bits per heavy atom. The second-order valence-electron chi connectivity index (χ2n) is 5.88. The topological polar surface area (TPSA) is 55.9 Å². The van der Waals surface area contributed by atoms with Gasteiger partial charge in [-0.2, -0.15) is 10.2 Å². The Labute approximate surface area is 152 Å². The number of aliphatic hydroxyl groups excluding tert-OH is 1. The van der Waals surface area contributed by atoms with Gasteiger partial charge in [-0.3, -0.25) is 9.36 Å². The molecule has 0 saturated heterocycles. The summed E-state index contributed by atoms with van der Waals surface area (Å²) in [5, 5.41) is 18.3. The van der Waals surface area contributed by atoms with Crippen LogP contribution in [0.5, 0.6) is 0 Å². The summed E-state index contributed by atoms with van der Waals surface area (Å²) in [5.41, 5.74) is 2.22. The fraction of sp³-hybridized carbons (Fsp3) is 0.294. The summed E-state index contributed by atoms with van der Waals surface area (Å²) in [5.74, 6) is -0.463. The molecule has 0 aliphatic carbocycles. The summed E-state index contributed by atoms with van der Waals surface area (Å²) >= 11 is 6.03. The summed E-state index contributed by atoms with van der Waals surface area (Å²) in [4.78, 5) is 0. The van der Waals surface area contributed by atoms with Crippen LogP contribution in [0.1, 0.15) is 24.2 Å². The lowest BCUT2D eigenvalue weighted by molar-refractivity contribution is 0.122. The molecule has 26 heavy (non-hydrogen) atoms. The van der Waals surface area contributed by atoms with E-state index in [9.17, 15) is 18.3 Å². The Morgan fingerprint density at radius 3 is 2.73 bits per heavy atom. The van der Waals surface area contributed by atoms with Crippen molar-refractivity contribution in [1.29, 1.82) is 0 Å². The third-order valence-electron chi connectivity index (χ3n) is 3.83. The third-order valence-corrected chi connectivity index (χ3v) is 4.02. The Kier molecular flexibility index (Phi) is 5.33. The molecule has 0 saturated carbocycles. The second kappa shape index (κ2) is 7.51. The van der Waals surface area contributed by atoms with Gasteiger partial charge < -0.3 is 5.11 Å². The molecule has 0 bridgehead atoms. The van der Waals surface area contributed by atoms with Crippen molar-refractivity contribution in [2.24, 2.45) is 0 Å². The van der Waals surface area contributed by atoms with E-state index in [0.29, 0.717) is 22.4 Å². The van der Waals surface area contributed by atoms with E-state index >= 15 is 0 Å². The van der Waals surface area contributed by atoms with Gasteiger partial charge in [0.2, 0.25) is 0 Å². The van der Waals surface area contributed by atoms with E-state index in [1.54, 1.807) is 16.8 Å². The van der Waals surface area contributed by atoms with Crippen LogP contribution in [0.2, 0.25) is 5.15 Å². The summed E-state index contributed by atoms with van der Waals surface area (Å²) in [7, 11) is 0. The molecule has 0 aliphatic heterocycles. The zero-order chi connectivity index (χ0) is 18.8. The molecule has 3 aromatic rings. The van der Waals surface area contributed by atoms with Gasteiger partial charge in [-0.15, -0.1) is 0 Å². The summed E-state index contributed by atoms with van der Waals surface area (Å²) in [6.07, 6.45) is -0.407. The molecule has 1 atom stereocenters. The van der Waals surface area contributed by atoms with Crippen molar-refractivity contribution in [3.05, 3.63) is 58.8 Å². The van der Waals surface area contributed by atoms with Gasteiger partial charge in [0.05, 0.1) is 24.5 Å². The Balaban J connectivity index is 1.96. The molecule has 3 rings (SSSR count). The van der Waals surface area contributed by atoms with Crippen molar-refractivity contribution in [3.8, 4) is 11.3 Å². The molecular formula is C17H16ClF3N4O. The first kappa shape index (κ1) is 18.5. The van der Waals surface area contributed by atoms with Crippen molar-refractivity contribution >= 4 is 11.6 Å². The molecule has 138 valence electrons. The normalized spacial score (nSPS) is 12.7. The van der Waals surface area contributed by atoms with Crippen LogP contribution in [0, 0.1) is 5.82 Å². The van der Waals surface area contributed by atoms with Crippen molar-refractivity contribution in [3.63, 3.8) is 0 Å². The molecule has 5 nitrogen and oxygen atoms in total. The monoisotopic (exact) mass is 384 g/mol. The van der Waals surface area contributed by atoms with Gasteiger partial charge in [0.25, 0.3) is 6.43 Å². The van der Waals surface area contributed by atoms with Crippen LogP contribution >= 0.6 is 11.6 Å². The Hall–Kier alpha value is -2.32. The quantitative estimate of drug-likeness (QED) is 0.701. The van der Waals surface area contributed by atoms with Gasteiger partial charge in [-0.25, -0.2) is 13.2 Å². The number of aliphatic hydroxyl groups is 1. The maximum atomic E-state index is 13.6. The molecule has 0 spiro atoms. The van der Waals surface area contributed by atoms with Crippen LogP contribution < -0.4 is 0 Å². The number of hydrogen-bond acceptors (Lipinski definition) is 3. The van der Waals surface area contributed by atoms with E-state index in [1.807, 2.05) is 0 Å². The molecule has 2 heterocycles. The lowest BCUT2D eigenvalue weighted by atomic mass is 10.0. The van der Waals surface area contributed by atoms with Gasteiger partial charge in [-0.05, 0) is 30.7 Å². The molecule has 1 aromatic carbocycles. The summed E-state index contributed by atoms with van der Waals surface area (Å²) < 4.78 is 41.2. The number of aromatic nitrogens is 4. The Morgan fingerprint density at radius 2 is 2.04 bits per heavy atom. The number of alkyl halides is 2. The fourth-order valence-corrected chi connectivity index (χ4v) is 2.93. The minimum absolute atomic E-state index is 0.223. The number of hydrogen-bond donors (Lipinski definition) is 1. The number of halogens is 4. The highest BCUT2D eigenvalue weighted by Gasteiger charge is 2.17. The lowest BCUT2D eigenvalue weighted by Gasteiger charge is -2.13. The van der Waals surface area contributed by atoms with E-state index in [-0.39, 0.29) is 11.7 Å². The van der Waals surface area contributed by atoms with E-state index in [4.69, 9.17) is 11.6 Å². The van der Waals surface area contributed by atoms with Crippen molar-refractivity contribution in [2.45, 2.75) is 32.5 Å². The van der Waals surface area contributed by atoms with Gasteiger partial charge in [0, 0.05) is 23.4 Å². The average molecular weight is 385 g/mol. The SMILES string of the molecule is C[C@@H](O)c1cc(F)ccc1-c1cc(Cl)nn1Cc1cnn(CC(F)F)c1. The van der Waals surface area contributed by atoms with Gasteiger partial charge in [0.1, 0.15) is 12.4 Å². The zero-order valence-electron chi connectivity index (χ0n) is 13.8. The Bertz CT molecular complexity index is 907. The first-order valence-electron chi connectivity index (χ1n) is 7.84. The zero-order valence-corrected chi connectivity index (χ0v) is 14.5. The molecule has 0 radical (unpaired) electrons. The minimum Gasteiger partial charge on any atom is -0.389 e. The molecule has 0 unspecified atom stereocenters. The molecule has 1 N–H and O–H groups in total. The van der Waals surface area contributed by atoms with E-state index in [0.717, 1.165) is 4.68 Å². The standard InChI is InChI=1S/C17H16ClF3N4O/c1-10(26)14-4-12(19)2-3-13(14)15-5-16(18)23-25(15)8-11-6-22-24(7-11)9-17(20)21/h2-7,10,17,26H,8-9H2,1H3/t10-/m1/s1. The maximum absolute atomic E-state index is 13.6. The van der Waals surface area contributed by atoms with E-state index in [2.05, 4.69) is 10.2 Å². The van der Waals surface area contributed by atoms with Gasteiger partial charge in [0.15, 0.2) is 5.15 Å². The van der Waals surface area contributed by atoms with Crippen LogP contribution in [0.3, 0.4) is 0 Å². The predicted octanol–water partition coefficient (Wildman–Crippen LogP) is 3.91. The van der Waals surface area contributed by atoms with Crippen molar-refractivity contribution in [1.82, 2.24) is 19.6 Å². The molecule has 0 fully saturated rings. The molecule has 9 heteroatoms. The largest absolute Gasteiger partial charge is 0.389 e. The number of benzene rings is 1. The van der Waals surface area contributed by atoms with E-state index in [1.165, 1.54) is 31.5 Å². The van der Waals surface area contributed by atoms with Crippen LogP contribution in [0.15, 0.2) is 36.7 Å². The highest BCUT2D eigenvalue weighted by atomic mass is 35.5. The number of nitrogens with zero attached hydrogens (tertiary/aromatic N) is 4. The second-order valence-corrected chi connectivity index (χ2v) is 6.27. The van der Waals surface area contributed by atoms with Crippen molar-refractivity contribution < 1.29 is 18.3 Å².